The molecule has 37 heavy (non-hydrogen) atoms. The number of rotatable bonds is 26. The van der Waals surface area contributed by atoms with E-state index in [9.17, 15) is 14.3 Å². The van der Waals surface area contributed by atoms with Crippen LogP contribution in [0, 0.1) is 0 Å². The van der Waals surface area contributed by atoms with E-state index in [1.54, 1.807) is 0 Å². The molecular weight excluding hydrogens is 495 g/mol. The fourth-order valence-electron chi connectivity index (χ4n) is 3.74. The van der Waals surface area contributed by atoms with Gasteiger partial charge in [0.05, 0.1) is 27.7 Å². The second-order valence-electron chi connectivity index (χ2n) is 10.9. The lowest BCUT2D eigenvalue weighted by Crippen LogP contribution is -2.37. The second-order valence-corrected chi connectivity index (χ2v) is 12.4. The normalized spacial score (nSPS) is 14.3. The zero-order chi connectivity index (χ0) is 27.8. The Morgan fingerprint density at radius 1 is 0.811 bits per heavy atom. The number of nitrogens with one attached hydrogen (secondary N) is 1. The summed E-state index contributed by atoms with van der Waals surface area (Å²) in [7, 11) is 3.10. The maximum absolute atomic E-state index is 12.0. The first-order chi connectivity index (χ1) is 17.6. The van der Waals surface area contributed by atoms with Gasteiger partial charge in [-0.25, -0.2) is 9.36 Å². The topological polar surface area (TPSA) is 103 Å². The Balaban J connectivity index is 3.62. The van der Waals surface area contributed by atoms with Crippen LogP contribution in [0.1, 0.15) is 103 Å². The summed E-state index contributed by atoms with van der Waals surface area (Å²) in [6.07, 6.45) is 18.3. The predicted molar refractivity (Wildman–Crippen MR) is 150 cm³/mol. The van der Waals surface area contributed by atoms with Gasteiger partial charge in [-0.05, 0) is 6.42 Å². The van der Waals surface area contributed by atoms with E-state index in [-0.39, 0.29) is 19.8 Å². The summed E-state index contributed by atoms with van der Waals surface area (Å²) in [6.45, 7) is 3.18. The molecule has 0 spiro atoms. The highest BCUT2D eigenvalue weighted by Gasteiger charge is 2.25. The van der Waals surface area contributed by atoms with Gasteiger partial charge in [-0.3, -0.25) is 9.05 Å². The highest BCUT2D eigenvalue weighted by Crippen LogP contribution is 2.43. The largest absolute Gasteiger partial charge is 0.472 e. The number of likely N-dealkylation sites (N-methyl/N-ethyl adjacent to an activating group) is 1. The molecule has 0 aromatic carbocycles. The van der Waals surface area contributed by atoms with Crippen molar-refractivity contribution >= 4 is 13.9 Å². The van der Waals surface area contributed by atoms with Crippen molar-refractivity contribution < 1.29 is 37.3 Å². The van der Waals surface area contributed by atoms with E-state index in [2.05, 4.69) is 12.2 Å². The van der Waals surface area contributed by atoms with E-state index in [4.69, 9.17) is 18.5 Å². The molecule has 0 aliphatic rings. The number of nitrogens with zero attached hydrogens (tertiary/aromatic N) is 1. The minimum Gasteiger partial charge on any atom is -0.447 e. The van der Waals surface area contributed by atoms with E-state index in [0.29, 0.717) is 17.6 Å². The summed E-state index contributed by atoms with van der Waals surface area (Å²) in [6, 6.07) is 0. The fourth-order valence-corrected chi connectivity index (χ4v) is 4.48. The van der Waals surface area contributed by atoms with Crippen molar-refractivity contribution in [2.24, 2.45) is 0 Å². The standard InChI is InChI=1S/C27H57N2O7P/c1-6-7-8-9-10-11-12-13-14-15-16-17-18-19-20-21-28-27(30)34-24-26(33-5)25-36-37(31,32)35-23-22-29(2,3)4/h26H,6-25H2,1-5H3,(H-,28,30,31,32)/p+1. The van der Waals surface area contributed by atoms with Crippen molar-refractivity contribution in [2.75, 3.05) is 61.2 Å². The minimum atomic E-state index is -4.19. The van der Waals surface area contributed by atoms with E-state index < -0.39 is 20.0 Å². The first-order valence-electron chi connectivity index (χ1n) is 14.5. The Labute approximate surface area is 227 Å². The SMILES string of the molecule is CCCCCCCCCCCCCCCCCNC(=O)OCC(COP(=O)(O)OCC[N+](C)(C)C)OC. The number of phosphoric ester groups is 1. The number of alkyl carbamates (subject to hydrolysis) is 1. The van der Waals surface area contributed by atoms with Gasteiger partial charge >= 0.3 is 13.9 Å². The van der Waals surface area contributed by atoms with Gasteiger partial charge in [0, 0.05) is 13.7 Å². The average Bonchev–Trinajstić information content (AvgIpc) is 2.82. The Morgan fingerprint density at radius 2 is 1.30 bits per heavy atom. The minimum absolute atomic E-state index is 0.0833. The molecule has 0 radical (unpaired) electrons. The molecule has 2 atom stereocenters. The molecule has 0 aromatic heterocycles. The van der Waals surface area contributed by atoms with Crippen molar-refractivity contribution in [3.63, 3.8) is 0 Å². The van der Waals surface area contributed by atoms with E-state index in [0.717, 1.165) is 12.8 Å². The molecule has 0 fully saturated rings. The lowest BCUT2D eigenvalue weighted by atomic mass is 10.0. The van der Waals surface area contributed by atoms with Crippen molar-refractivity contribution in [3.05, 3.63) is 0 Å². The molecule has 222 valence electrons. The molecule has 0 aromatic rings. The number of unbranched alkanes of at least 4 members (excludes halogenated alkanes) is 14. The van der Waals surface area contributed by atoms with Gasteiger partial charge in [0.2, 0.25) is 0 Å². The summed E-state index contributed by atoms with van der Waals surface area (Å²) >= 11 is 0. The van der Waals surface area contributed by atoms with Crippen molar-refractivity contribution in [1.82, 2.24) is 5.32 Å². The fraction of sp³-hybridized carbons (Fsp3) is 0.963. The Bertz CT molecular complexity index is 588. The summed E-state index contributed by atoms with van der Waals surface area (Å²) in [5.74, 6) is 0. The maximum Gasteiger partial charge on any atom is 0.472 e. The monoisotopic (exact) mass is 553 g/mol. The number of quaternary nitrogens is 1. The number of ether oxygens (including phenoxy) is 2. The van der Waals surface area contributed by atoms with Gasteiger partial charge in [0.25, 0.3) is 0 Å². The lowest BCUT2D eigenvalue weighted by molar-refractivity contribution is -0.870. The van der Waals surface area contributed by atoms with Gasteiger partial charge < -0.3 is 24.2 Å². The molecule has 0 saturated heterocycles. The number of carbonyl (C=O) groups excluding carboxylic acids is 1. The van der Waals surface area contributed by atoms with Crippen LogP contribution in [0.3, 0.4) is 0 Å². The van der Waals surface area contributed by atoms with E-state index in [1.807, 2.05) is 21.1 Å². The predicted octanol–water partition coefficient (Wildman–Crippen LogP) is 6.44. The molecule has 2 unspecified atom stereocenters. The van der Waals surface area contributed by atoms with E-state index >= 15 is 0 Å². The highest BCUT2D eigenvalue weighted by molar-refractivity contribution is 7.47. The highest BCUT2D eigenvalue weighted by atomic mass is 31.2. The third-order valence-corrected chi connectivity index (χ3v) is 7.21. The molecule has 2 N–H and O–H groups in total. The summed E-state index contributed by atoms with van der Waals surface area (Å²) < 4.78 is 32.8. The second kappa shape index (κ2) is 23.2. The molecule has 0 heterocycles. The summed E-state index contributed by atoms with van der Waals surface area (Å²) in [5, 5.41) is 2.73. The number of amides is 1. The molecule has 0 rings (SSSR count). The van der Waals surface area contributed by atoms with Gasteiger partial charge in [-0.1, -0.05) is 96.8 Å². The maximum atomic E-state index is 12.0. The van der Waals surface area contributed by atoms with Crippen molar-refractivity contribution in [3.8, 4) is 0 Å². The van der Waals surface area contributed by atoms with Gasteiger partial charge in [0.15, 0.2) is 0 Å². The molecule has 10 heteroatoms. The molecule has 0 aliphatic heterocycles. The van der Waals surface area contributed by atoms with Gasteiger partial charge in [0.1, 0.15) is 25.9 Å². The van der Waals surface area contributed by atoms with Crippen LogP contribution in [0.4, 0.5) is 4.79 Å². The van der Waals surface area contributed by atoms with Gasteiger partial charge in [-0.2, -0.15) is 0 Å². The van der Waals surface area contributed by atoms with Crippen LogP contribution < -0.4 is 5.32 Å². The van der Waals surface area contributed by atoms with Crippen LogP contribution in [-0.2, 0) is 23.1 Å². The molecule has 0 bridgehead atoms. The van der Waals surface area contributed by atoms with Crippen LogP contribution >= 0.6 is 7.82 Å². The Kier molecular flexibility index (Phi) is 22.8. The first-order valence-corrected chi connectivity index (χ1v) is 15.9. The van der Waals surface area contributed by atoms with Crippen LogP contribution in [0.15, 0.2) is 0 Å². The number of methoxy groups -OCH3 is 1. The third kappa shape index (κ3) is 26.7. The lowest BCUT2D eigenvalue weighted by Gasteiger charge is -2.24. The van der Waals surface area contributed by atoms with E-state index in [1.165, 1.54) is 90.6 Å². The molecule has 9 nitrogen and oxygen atoms in total. The van der Waals surface area contributed by atoms with Gasteiger partial charge in [-0.15, -0.1) is 0 Å². The molecular formula is C27H58N2O7P+. The number of hydrogen-bond acceptors (Lipinski definition) is 6. The van der Waals surface area contributed by atoms with Crippen LogP contribution in [-0.4, -0.2) is 82.7 Å². The summed E-state index contributed by atoms with van der Waals surface area (Å²) in [5.41, 5.74) is 0. The third-order valence-electron chi connectivity index (χ3n) is 6.22. The zero-order valence-electron chi connectivity index (χ0n) is 24.5. The smallest absolute Gasteiger partial charge is 0.447 e. The Hall–Kier alpha value is -0.700. The number of hydrogen-bond donors (Lipinski definition) is 2. The molecule has 0 saturated carbocycles. The van der Waals surface area contributed by atoms with Crippen LogP contribution in [0.2, 0.25) is 0 Å². The molecule has 0 aliphatic carbocycles. The molecule has 1 amide bonds. The van der Waals surface area contributed by atoms with Crippen LogP contribution in [0.5, 0.6) is 0 Å². The van der Waals surface area contributed by atoms with Crippen molar-refractivity contribution in [2.45, 2.75) is 109 Å². The average molecular weight is 554 g/mol. The van der Waals surface area contributed by atoms with Crippen molar-refractivity contribution in [1.29, 1.82) is 0 Å². The number of phosphoric acid groups is 1. The number of carbonyl (C=O) groups is 1. The van der Waals surface area contributed by atoms with Crippen LogP contribution in [0.25, 0.3) is 0 Å². The first kappa shape index (κ1) is 36.3. The summed E-state index contributed by atoms with van der Waals surface area (Å²) in [4.78, 5) is 21.7. The quantitative estimate of drug-likeness (QED) is 0.0722. The zero-order valence-corrected chi connectivity index (χ0v) is 25.4. The Morgan fingerprint density at radius 3 is 1.76 bits per heavy atom.